The van der Waals surface area contributed by atoms with Crippen molar-refractivity contribution in [3.8, 4) is 0 Å². The van der Waals surface area contributed by atoms with E-state index in [2.05, 4.69) is 64.3 Å². The van der Waals surface area contributed by atoms with E-state index in [1.54, 1.807) is 0 Å². The van der Waals surface area contributed by atoms with Crippen molar-refractivity contribution >= 4 is 6.08 Å². The summed E-state index contributed by atoms with van der Waals surface area (Å²) >= 11 is 4.43. The van der Waals surface area contributed by atoms with Crippen molar-refractivity contribution in [3.63, 3.8) is 0 Å². The van der Waals surface area contributed by atoms with Crippen molar-refractivity contribution in [2.75, 3.05) is 0 Å². The molecule has 0 bridgehead atoms. The third kappa shape index (κ3) is 4.00. The van der Waals surface area contributed by atoms with Crippen LogP contribution in [0.15, 0.2) is 54.6 Å². The van der Waals surface area contributed by atoms with Crippen molar-refractivity contribution in [3.05, 3.63) is 65.8 Å². The average molecular weight is 282 g/mol. The maximum atomic E-state index is 4.43. The molecule has 96 valence electrons. The first-order chi connectivity index (χ1) is 8.88. The summed E-state index contributed by atoms with van der Waals surface area (Å²) in [5.74, 6) is 0. The van der Waals surface area contributed by atoms with Gasteiger partial charge < -0.3 is 0 Å². The van der Waals surface area contributed by atoms with Gasteiger partial charge in [0.1, 0.15) is 0 Å². The molecule has 0 saturated carbocycles. The first kappa shape index (κ1) is 13.4. The molecule has 2 aliphatic carbocycles. The van der Waals surface area contributed by atoms with Crippen LogP contribution in [-0.4, -0.2) is 0 Å². The van der Waals surface area contributed by atoms with Crippen LogP contribution in [-0.2, 0) is 15.7 Å². The number of benzene rings is 1. The van der Waals surface area contributed by atoms with Gasteiger partial charge in [-0.1, -0.05) is 24.3 Å². The summed E-state index contributed by atoms with van der Waals surface area (Å²) < 4.78 is 0. The van der Waals surface area contributed by atoms with Crippen LogP contribution in [0.2, 0.25) is 0 Å². The molecule has 0 heterocycles. The summed E-state index contributed by atoms with van der Waals surface area (Å²) in [5, 5.41) is 0. The normalized spacial score (nSPS) is 24.2. The summed E-state index contributed by atoms with van der Waals surface area (Å²) in [7, 11) is 0. The second-order valence-electron chi connectivity index (χ2n) is 4.50. The van der Waals surface area contributed by atoms with Gasteiger partial charge in [-0.05, 0) is 25.7 Å². The summed E-state index contributed by atoms with van der Waals surface area (Å²) in [6, 6.07) is 8.33. The first-order valence-electron chi connectivity index (χ1n) is 6.58. The molecule has 1 atom stereocenters. The summed E-state index contributed by atoms with van der Waals surface area (Å²) in [6.45, 7) is 0. The maximum absolute atomic E-state index is 4.43. The molecule has 0 saturated heterocycles. The van der Waals surface area contributed by atoms with Gasteiger partial charge in [0.2, 0.25) is 0 Å². The standard InChI is InChI=1S/C9H7.C8H12.Co/c1-2-5-9-7-3-6-8(9)4-1;1-2-4-6-8-7-5-3-1;/h1-7H;1-4H,5-8H2;/b;3-1-,4-2-;. The molecular formula is C17H19Co. The molecule has 1 aromatic carbocycles. The fourth-order valence-corrected chi connectivity index (χ4v) is 2.44. The molecule has 1 heteroatoms. The van der Waals surface area contributed by atoms with Gasteiger partial charge in [-0.25, -0.2) is 0 Å². The quantitative estimate of drug-likeness (QED) is 0.630. The van der Waals surface area contributed by atoms with Crippen LogP contribution < -0.4 is 0 Å². The van der Waals surface area contributed by atoms with Gasteiger partial charge in [0, 0.05) is 0 Å². The summed E-state index contributed by atoms with van der Waals surface area (Å²) in [4.78, 5) is 0.309. The van der Waals surface area contributed by atoms with E-state index in [0.717, 1.165) is 0 Å². The number of rotatable bonds is 0. The van der Waals surface area contributed by atoms with Crippen LogP contribution in [0.5, 0.6) is 0 Å². The minimum absolute atomic E-state index is 0.309. The molecule has 0 amide bonds. The molecular weight excluding hydrogens is 263 g/mol. The van der Waals surface area contributed by atoms with Crippen LogP contribution in [0.1, 0.15) is 41.7 Å². The van der Waals surface area contributed by atoms with E-state index in [1.165, 1.54) is 36.8 Å². The Labute approximate surface area is 118 Å². The van der Waals surface area contributed by atoms with Gasteiger partial charge in [0.05, 0.1) is 0 Å². The molecule has 2 aliphatic rings. The Kier molecular flexibility index (Phi) is 5.50. The van der Waals surface area contributed by atoms with Crippen molar-refractivity contribution in [2.24, 2.45) is 0 Å². The SMILES string of the molecule is C1=C\CCCC\C=C/1.[Co][CH]1C=Cc2ccccc21. The molecule has 0 fully saturated rings. The van der Waals surface area contributed by atoms with Gasteiger partial charge >= 0.3 is 68.1 Å². The van der Waals surface area contributed by atoms with Crippen molar-refractivity contribution in [2.45, 2.75) is 30.5 Å². The fraction of sp³-hybridized carbons (Fsp3) is 0.294. The van der Waals surface area contributed by atoms with Crippen molar-refractivity contribution in [1.82, 2.24) is 0 Å². The molecule has 0 aromatic heterocycles. The van der Waals surface area contributed by atoms with E-state index < -0.39 is 0 Å². The Bertz CT molecular complexity index is 440. The number of fused-ring (bicyclic) bond motifs is 1. The predicted octanol–water partition coefficient (Wildman–Crippen LogP) is 4.97. The van der Waals surface area contributed by atoms with Gasteiger partial charge in [0.25, 0.3) is 0 Å². The van der Waals surface area contributed by atoms with E-state index in [-0.39, 0.29) is 0 Å². The minimum atomic E-state index is 0.309. The molecule has 1 unspecified atom stereocenters. The zero-order valence-corrected chi connectivity index (χ0v) is 11.6. The van der Waals surface area contributed by atoms with E-state index in [9.17, 15) is 0 Å². The Morgan fingerprint density at radius 2 is 1.61 bits per heavy atom. The molecule has 18 heavy (non-hydrogen) atoms. The first-order valence-corrected chi connectivity index (χ1v) is 7.18. The third-order valence-corrected chi connectivity index (χ3v) is 3.61. The number of hydrogen-bond acceptors (Lipinski definition) is 0. The molecule has 0 nitrogen and oxygen atoms in total. The molecule has 3 rings (SSSR count). The third-order valence-electron chi connectivity index (χ3n) is 3.09. The molecule has 1 aromatic rings. The number of hydrogen-bond donors (Lipinski definition) is 0. The summed E-state index contributed by atoms with van der Waals surface area (Å²) in [5.41, 5.74) is 2.63. The molecule has 0 spiro atoms. The van der Waals surface area contributed by atoms with E-state index >= 15 is 0 Å². The Balaban J connectivity index is 0.000000138. The Morgan fingerprint density at radius 1 is 0.944 bits per heavy atom. The van der Waals surface area contributed by atoms with E-state index in [0.29, 0.717) is 4.85 Å². The van der Waals surface area contributed by atoms with Crippen LogP contribution in [0.25, 0.3) is 6.08 Å². The van der Waals surface area contributed by atoms with Crippen molar-refractivity contribution in [1.29, 1.82) is 0 Å². The second kappa shape index (κ2) is 7.40. The Morgan fingerprint density at radius 3 is 2.28 bits per heavy atom. The van der Waals surface area contributed by atoms with Gasteiger partial charge in [-0.3, -0.25) is 0 Å². The van der Waals surface area contributed by atoms with E-state index in [4.69, 9.17) is 0 Å². The second-order valence-corrected chi connectivity index (χ2v) is 5.15. The van der Waals surface area contributed by atoms with Crippen molar-refractivity contribution < 1.29 is 15.7 Å². The summed E-state index contributed by atoms with van der Waals surface area (Å²) in [6.07, 6.45) is 18.2. The van der Waals surface area contributed by atoms with Gasteiger partial charge in [0.15, 0.2) is 0 Å². The zero-order chi connectivity index (χ0) is 12.6. The molecule has 0 radical (unpaired) electrons. The van der Waals surface area contributed by atoms with Gasteiger partial charge in [-0.2, -0.15) is 0 Å². The predicted molar refractivity (Wildman–Crippen MR) is 75.0 cm³/mol. The van der Waals surface area contributed by atoms with Crippen LogP contribution in [0, 0.1) is 0 Å². The van der Waals surface area contributed by atoms with Crippen LogP contribution in [0.4, 0.5) is 0 Å². The monoisotopic (exact) mass is 282 g/mol. The number of allylic oxidation sites excluding steroid dienone is 5. The van der Waals surface area contributed by atoms with Crippen LogP contribution >= 0.6 is 0 Å². The fourth-order valence-electron chi connectivity index (χ4n) is 2.06. The molecule has 0 aliphatic heterocycles. The van der Waals surface area contributed by atoms with Crippen LogP contribution in [0.3, 0.4) is 0 Å². The zero-order valence-electron chi connectivity index (χ0n) is 10.5. The average Bonchev–Trinajstić information content (AvgIpc) is 2.72. The van der Waals surface area contributed by atoms with Gasteiger partial charge in [-0.15, -0.1) is 0 Å². The Hall–Kier alpha value is -1.05. The molecule has 0 N–H and O–H groups in total. The topological polar surface area (TPSA) is 0 Å². The van der Waals surface area contributed by atoms with E-state index in [1.807, 2.05) is 12.1 Å².